The first-order valence-corrected chi connectivity index (χ1v) is 6.89. The van der Waals surface area contributed by atoms with Crippen LogP contribution >= 0.6 is 0 Å². The van der Waals surface area contributed by atoms with Gasteiger partial charge in [0.25, 0.3) is 0 Å². The first kappa shape index (κ1) is 13.3. The smallest absolute Gasteiger partial charge is 0.177 e. The van der Waals surface area contributed by atoms with Crippen LogP contribution in [-0.2, 0) is 0 Å². The van der Waals surface area contributed by atoms with Crippen LogP contribution in [-0.4, -0.2) is 30.3 Å². The summed E-state index contributed by atoms with van der Waals surface area (Å²) in [6.45, 7) is 9.10. The van der Waals surface area contributed by atoms with Crippen LogP contribution in [0.3, 0.4) is 0 Å². The van der Waals surface area contributed by atoms with Gasteiger partial charge in [0.15, 0.2) is 5.78 Å². The highest BCUT2D eigenvalue weighted by Crippen LogP contribution is 2.17. The van der Waals surface area contributed by atoms with Crippen molar-refractivity contribution in [2.24, 2.45) is 5.92 Å². The van der Waals surface area contributed by atoms with E-state index in [2.05, 4.69) is 24.8 Å². The highest BCUT2D eigenvalue weighted by molar-refractivity contribution is 5.98. The Labute approximate surface area is 110 Å². The van der Waals surface area contributed by atoms with Crippen LogP contribution < -0.4 is 0 Å². The average molecular weight is 245 g/mol. The Morgan fingerprint density at radius 3 is 2.56 bits per heavy atom. The monoisotopic (exact) mass is 245 g/mol. The number of Topliss-reactive ketones (excluding diaryl/α,β-unsaturated/α-hetero) is 1. The van der Waals surface area contributed by atoms with Gasteiger partial charge in [0.2, 0.25) is 0 Å². The van der Waals surface area contributed by atoms with E-state index in [4.69, 9.17) is 0 Å². The molecule has 98 valence electrons. The van der Waals surface area contributed by atoms with E-state index in [0.717, 1.165) is 30.1 Å². The Kier molecular flexibility index (Phi) is 4.18. The summed E-state index contributed by atoms with van der Waals surface area (Å²) < 4.78 is 0. The molecule has 1 saturated heterocycles. The molecule has 2 nitrogen and oxygen atoms in total. The molecule has 18 heavy (non-hydrogen) atoms. The maximum absolute atomic E-state index is 12.3. The summed E-state index contributed by atoms with van der Waals surface area (Å²) in [5.74, 6) is 1.08. The Hall–Kier alpha value is -1.15. The molecule has 0 bridgehead atoms. The predicted octanol–water partition coefficient (Wildman–Crippen LogP) is 3.22. The molecule has 2 rings (SSSR count). The minimum absolute atomic E-state index is 0.266. The third kappa shape index (κ3) is 3.20. The third-order valence-corrected chi connectivity index (χ3v) is 3.93. The summed E-state index contributed by atoms with van der Waals surface area (Å²) in [4.78, 5) is 14.6. The van der Waals surface area contributed by atoms with Gasteiger partial charge in [-0.1, -0.05) is 30.7 Å². The second-order valence-electron chi connectivity index (χ2n) is 5.70. The van der Waals surface area contributed by atoms with Gasteiger partial charge in [0.05, 0.1) is 6.54 Å². The summed E-state index contributed by atoms with van der Waals surface area (Å²) in [5.41, 5.74) is 3.21. The standard InChI is InChI=1S/C16H23NO/c1-12-6-8-17(9-7-12)11-16(18)15-5-4-13(2)10-14(15)3/h4-5,10,12H,6-9,11H2,1-3H3. The van der Waals surface area contributed by atoms with E-state index >= 15 is 0 Å². The number of benzene rings is 1. The van der Waals surface area contributed by atoms with Gasteiger partial charge < -0.3 is 0 Å². The van der Waals surface area contributed by atoms with Crippen LogP contribution in [0.15, 0.2) is 18.2 Å². The molecule has 1 heterocycles. The van der Waals surface area contributed by atoms with Crippen molar-refractivity contribution >= 4 is 5.78 Å². The molecule has 0 atom stereocenters. The summed E-state index contributed by atoms with van der Waals surface area (Å²) in [6.07, 6.45) is 2.44. The number of likely N-dealkylation sites (tertiary alicyclic amines) is 1. The molecule has 0 N–H and O–H groups in total. The number of carbonyl (C=O) groups excluding carboxylic acids is 1. The highest BCUT2D eigenvalue weighted by Gasteiger charge is 2.19. The van der Waals surface area contributed by atoms with Gasteiger partial charge in [-0.2, -0.15) is 0 Å². The largest absolute Gasteiger partial charge is 0.296 e. The number of carbonyl (C=O) groups is 1. The van der Waals surface area contributed by atoms with Gasteiger partial charge in [-0.15, -0.1) is 0 Å². The third-order valence-electron chi connectivity index (χ3n) is 3.93. The summed E-state index contributed by atoms with van der Waals surface area (Å²) in [5, 5.41) is 0. The summed E-state index contributed by atoms with van der Waals surface area (Å²) >= 11 is 0. The van der Waals surface area contributed by atoms with Crippen LogP contribution in [0.4, 0.5) is 0 Å². The number of rotatable bonds is 3. The lowest BCUT2D eigenvalue weighted by atomic mass is 9.97. The second-order valence-corrected chi connectivity index (χ2v) is 5.70. The van der Waals surface area contributed by atoms with Crippen molar-refractivity contribution in [1.29, 1.82) is 0 Å². The molecule has 1 fully saturated rings. The van der Waals surface area contributed by atoms with E-state index in [1.54, 1.807) is 0 Å². The van der Waals surface area contributed by atoms with E-state index in [9.17, 15) is 4.79 Å². The topological polar surface area (TPSA) is 20.3 Å². The number of aryl methyl sites for hydroxylation is 2. The molecular formula is C16H23NO. The molecular weight excluding hydrogens is 222 g/mol. The van der Waals surface area contributed by atoms with Gasteiger partial charge in [0, 0.05) is 5.56 Å². The first-order chi connectivity index (χ1) is 8.56. The zero-order chi connectivity index (χ0) is 13.1. The summed E-state index contributed by atoms with van der Waals surface area (Å²) in [6, 6.07) is 6.09. The molecule has 0 unspecified atom stereocenters. The number of ketones is 1. The van der Waals surface area contributed by atoms with Crippen LogP contribution in [0.1, 0.15) is 41.3 Å². The zero-order valence-electron chi connectivity index (χ0n) is 11.7. The molecule has 0 amide bonds. The van der Waals surface area contributed by atoms with Crippen molar-refractivity contribution in [2.45, 2.75) is 33.6 Å². The minimum atomic E-state index is 0.266. The lowest BCUT2D eigenvalue weighted by Gasteiger charge is -2.29. The molecule has 0 aromatic heterocycles. The van der Waals surface area contributed by atoms with E-state index in [0.29, 0.717) is 6.54 Å². The van der Waals surface area contributed by atoms with Gasteiger partial charge in [-0.25, -0.2) is 0 Å². The van der Waals surface area contributed by atoms with E-state index in [-0.39, 0.29) is 5.78 Å². The minimum Gasteiger partial charge on any atom is -0.296 e. The zero-order valence-corrected chi connectivity index (χ0v) is 11.7. The molecule has 0 radical (unpaired) electrons. The molecule has 0 spiro atoms. The van der Waals surface area contributed by atoms with Crippen molar-refractivity contribution < 1.29 is 4.79 Å². The Morgan fingerprint density at radius 2 is 1.94 bits per heavy atom. The fraction of sp³-hybridized carbons (Fsp3) is 0.562. The molecule has 0 saturated carbocycles. The number of hydrogen-bond donors (Lipinski definition) is 0. The molecule has 1 aliphatic heterocycles. The fourth-order valence-electron chi connectivity index (χ4n) is 2.63. The lowest BCUT2D eigenvalue weighted by molar-refractivity contribution is 0.0899. The van der Waals surface area contributed by atoms with Gasteiger partial charge in [0.1, 0.15) is 0 Å². The number of piperidine rings is 1. The Bertz CT molecular complexity index is 431. The highest BCUT2D eigenvalue weighted by atomic mass is 16.1. The quantitative estimate of drug-likeness (QED) is 0.762. The van der Waals surface area contributed by atoms with Crippen molar-refractivity contribution in [1.82, 2.24) is 4.90 Å². The van der Waals surface area contributed by atoms with Gasteiger partial charge in [-0.3, -0.25) is 9.69 Å². The van der Waals surface area contributed by atoms with E-state index in [1.165, 1.54) is 18.4 Å². The lowest BCUT2D eigenvalue weighted by Crippen LogP contribution is -2.36. The molecule has 2 heteroatoms. The molecule has 1 aromatic carbocycles. The van der Waals surface area contributed by atoms with Crippen molar-refractivity contribution in [3.05, 3.63) is 34.9 Å². The number of nitrogens with zero attached hydrogens (tertiary/aromatic N) is 1. The first-order valence-electron chi connectivity index (χ1n) is 6.89. The van der Waals surface area contributed by atoms with Crippen LogP contribution in [0.5, 0.6) is 0 Å². The van der Waals surface area contributed by atoms with Crippen LogP contribution in [0, 0.1) is 19.8 Å². The predicted molar refractivity (Wildman–Crippen MR) is 75.1 cm³/mol. The average Bonchev–Trinajstić information content (AvgIpc) is 2.32. The Morgan fingerprint density at radius 1 is 1.28 bits per heavy atom. The van der Waals surface area contributed by atoms with E-state index in [1.807, 2.05) is 19.1 Å². The second kappa shape index (κ2) is 5.66. The van der Waals surface area contributed by atoms with Crippen molar-refractivity contribution in [3.8, 4) is 0 Å². The normalized spacial score (nSPS) is 17.9. The van der Waals surface area contributed by atoms with Crippen LogP contribution in [0.2, 0.25) is 0 Å². The SMILES string of the molecule is Cc1ccc(C(=O)CN2CCC(C)CC2)c(C)c1. The molecule has 1 aliphatic rings. The maximum Gasteiger partial charge on any atom is 0.177 e. The van der Waals surface area contributed by atoms with Crippen molar-refractivity contribution in [3.63, 3.8) is 0 Å². The van der Waals surface area contributed by atoms with Gasteiger partial charge in [-0.05, 0) is 51.3 Å². The van der Waals surface area contributed by atoms with Crippen LogP contribution in [0.25, 0.3) is 0 Å². The molecule has 1 aromatic rings. The molecule has 0 aliphatic carbocycles. The fourth-order valence-corrected chi connectivity index (χ4v) is 2.63. The summed E-state index contributed by atoms with van der Waals surface area (Å²) in [7, 11) is 0. The number of hydrogen-bond acceptors (Lipinski definition) is 2. The van der Waals surface area contributed by atoms with Gasteiger partial charge >= 0.3 is 0 Å². The van der Waals surface area contributed by atoms with E-state index < -0.39 is 0 Å². The Balaban J connectivity index is 1.99. The maximum atomic E-state index is 12.3. The van der Waals surface area contributed by atoms with Crippen molar-refractivity contribution in [2.75, 3.05) is 19.6 Å².